The predicted molar refractivity (Wildman–Crippen MR) is 198 cm³/mol. The van der Waals surface area contributed by atoms with Crippen molar-refractivity contribution >= 4 is 43.6 Å². The topological polar surface area (TPSA) is 9.86 Å². The van der Waals surface area contributed by atoms with Crippen molar-refractivity contribution in [3.8, 4) is 33.6 Å². The molecule has 2 nitrogen and oxygen atoms in total. The summed E-state index contributed by atoms with van der Waals surface area (Å²) in [6.07, 6.45) is 0. The van der Waals surface area contributed by atoms with Crippen molar-refractivity contribution < 1.29 is 0 Å². The summed E-state index contributed by atoms with van der Waals surface area (Å²) < 4.78 is 4.84. The zero-order chi connectivity index (χ0) is 31.3. The molecule has 0 unspecified atom stereocenters. The first kappa shape index (κ1) is 26.4. The second-order valence-electron chi connectivity index (χ2n) is 13.4. The lowest BCUT2D eigenvalue weighted by Gasteiger charge is -2.21. The van der Waals surface area contributed by atoms with Crippen LogP contribution in [-0.4, -0.2) is 9.13 Å². The first-order valence-electron chi connectivity index (χ1n) is 16.5. The molecule has 0 aliphatic heterocycles. The number of benzene rings is 7. The SMILES string of the molecule is CC1(C)c2ccccc2-c2cc3c4ccccc4n(-c4ccc(-c5cccc6c5c5ccccc5n6-c5ccccc5)cc4)c3cc21. The van der Waals surface area contributed by atoms with E-state index < -0.39 is 0 Å². The van der Waals surface area contributed by atoms with E-state index in [-0.39, 0.29) is 5.41 Å². The van der Waals surface area contributed by atoms with Crippen LogP contribution in [0.25, 0.3) is 77.2 Å². The molecule has 0 fully saturated rings. The van der Waals surface area contributed by atoms with Gasteiger partial charge in [-0.2, -0.15) is 0 Å². The fourth-order valence-corrected chi connectivity index (χ4v) is 8.35. The average molecular weight is 601 g/mol. The third-order valence-electron chi connectivity index (χ3n) is 10.5. The fraction of sp³-hybridized carbons (Fsp3) is 0.0667. The molecular formula is C45H32N2. The molecule has 0 spiro atoms. The third-order valence-corrected chi connectivity index (χ3v) is 10.5. The van der Waals surface area contributed by atoms with E-state index in [0.29, 0.717) is 0 Å². The van der Waals surface area contributed by atoms with Gasteiger partial charge in [0, 0.05) is 38.3 Å². The van der Waals surface area contributed by atoms with E-state index in [1.165, 1.54) is 88.4 Å². The summed E-state index contributed by atoms with van der Waals surface area (Å²) in [4.78, 5) is 0. The maximum absolute atomic E-state index is 2.46. The van der Waals surface area contributed by atoms with Crippen molar-refractivity contribution in [1.82, 2.24) is 9.13 Å². The van der Waals surface area contributed by atoms with Gasteiger partial charge < -0.3 is 9.13 Å². The van der Waals surface area contributed by atoms with Crippen molar-refractivity contribution in [2.24, 2.45) is 0 Å². The Labute approximate surface area is 273 Å². The van der Waals surface area contributed by atoms with Crippen LogP contribution in [0.5, 0.6) is 0 Å². The molecule has 10 rings (SSSR count). The highest BCUT2D eigenvalue weighted by Crippen LogP contribution is 2.51. The molecule has 7 aromatic carbocycles. The summed E-state index contributed by atoms with van der Waals surface area (Å²) in [5.41, 5.74) is 15.2. The number of para-hydroxylation sites is 3. The Morgan fingerprint density at radius 2 is 0.979 bits per heavy atom. The quantitative estimate of drug-likeness (QED) is 0.191. The van der Waals surface area contributed by atoms with E-state index >= 15 is 0 Å². The molecule has 2 heterocycles. The molecule has 0 N–H and O–H groups in total. The average Bonchev–Trinajstić information content (AvgIpc) is 3.71. The Bertz CT molecular complexity index is 2680. The number of hydrogen-bond acceptors (Lipinski definition) is 0. The van der Waals surface area contributed by atoms with Crippen molar-refractivity contribution in [3.63, 3.8) is 0 Å². The second-order valence-corrected chi connectivity index (χ2v) is 13.4. The van der Waals surface area contributed by atoms with Crippen molar-refractivity contribution in [3.05, 3.63) is 169 Å². The maximum atomic E-state index is 2.46. The fourth-order valence-electron chi connectivity index (χ4n) is 8.35. The monoisotopic (exact) mass is 600 g/mol. The summed E-state index contributed by atoms with van der Waals surface area (Å²) in [6.45, 7) is 4.72. The zero-order valence-electron chi connectivity index (χ0n) is 26.4. The highest BCUT2D eigenvalue weighted by molar-refractivity contribution is 6.16. The molecule has 0 amide bonds. The van der Waals surface area contributed by atoms with Crippen LogP contribution in [0.4, 0.5) is 0 Å². The lowest BCUT2D eigenvalue weighted by atomic mass is 9.82. The normalized spacial score (nSPS) is 13.5. The van der Waals surface area contributed by atoms with Gasteiger partial charge in [-0.3, -0.25) is 0 Å². The Balaban J connectivity index is 1.17. The van der Waals surface area contributed by atoms with E-state index in [2.05, 4.69) is 181 Å². The third kappa shape index (κ3) is 3.61. The van der Waals surface area contributed by atoms with Crippen LogP contribution in [0.3, 0.4) is 0 Å². The minimum absolute atomic E-state index is 0.0527. The Morgan fingerprint density at radius 3 is 1.79 bits per heavy atom. The molecule has 2 aromatic heterocycles. The van der Waals surface area contributed by atoms with E-state index in [4.69, 9.17) is 0 Å². The van der Waals surface area contributed by atoms with Crippen molar-refractivity contribution in [2.45, 2.75) is 19.3 Å². The van der Waals surface area contributed by atoms with Crippen LogP contribution < -0.4 is 0 Å². The van der Waals surface area contributed by atoms with Crippen molar-refractivity contribution in [2.75, 3.05) is 0 Å². The predicted octanol–water partition coefficient (Wildman–Crippen LogP) is 11.9. The second kappa shape index (κ2) is 9.57. The van der Waals surface area contributed by atoms with Crippen molar-refractivity contribution in [1.29, 1.82) is 0 Å². The summed E-state index contributed by atoms with van der Waals surface area (Å²) in [7, 11) is 0. The number of nitrogens with zero attached hydrogens (tertiary/aromatic N) is 2. The Kier molecular flexibility index (Phi) is 5.37. The van der Waals surface area contributed by atoms with Gasteiger partial charge in [0.25, 0.3) is 0 Å². The summed E-state index contributed by atoms with van der Waals surface area (Å²) >= 11 is 0. The molecule has 0 atom stereocenters. The van der Waals surface area contributed by atoms with E-state index in [9.17, 15) is 0 Å². The van der Waals surface area contributed by atoms with Gasteiger partial charge in [0.2, 0.25) is 0 Å². The minimum Gasteiger partial charge on any atom is -0.309 e. The summed E-state index contributed by atoms with van der Waals surface area (Å²) in [5.74, 6) is 0. The molecule has 0 saturated carbocycles. The molecule has 0 saturated heterocycles. The van der Waals surface area contributed by atoms with E-state index in [1.54, 1.807) is 0 Å². The number of aromatic nitrogens is 2. The van der Waals surface area contributed by atoms with Gasteiger partial charge in [0.15, 0.2) is 0 Å². The Hall–Kier alpha value is -5.86. The largest absolute Gasteiger partial charge is 0.309 e. The highest BCUT2D eigenvalue weighted by Gasteiger charge is 2.36. The molecule has 9 aromatic rings. The van der Waals surface area contributed by atoms with Gasteiger partial charge in [-0.25, -0.2) is 0 Å². The van der Waals surface area contributed by atoms with Gasteiger partial charge >= 0.3 is 0 Å². The zero-order valence-corrected chi connectivity index (χ0v) is 26.4. The molecule has 222 valence electrons. The summed E-state index contributed by atoms with van der Waals surface area (Å²) in [5, 5.41) is 5.14. The Morgan fingerprint density at radius 1 is 0.383 bits per heavy atom. The van der Waals surface area contributed by atoms with Gasteiger partial charge in [-0.15, -0.1) is 0 Å². The van der Waals surface area contributed by atoms with Crippen LogP contribution in [-0.2, 0) is 5.41 Å². The minimum atomic E-state index is -0.0527. The van der Waals surface area contributed by atoms with Gasteiger partial charge in [0.1, 0.15) is 0 Å². The number of hydrogen-bond donors (Lipinski definition) is 0. The highest BCUT2D eigenvalue weighted by atomic mass is 15.0. The molecular weight excluding hydrogens is 569 g/mol. The van der Waals surface area contributed by atoms with Crippen LogP contribution in [0.1, 0.15) is 25.0 Å². The van der Waals surface area contributed by atoms with Crippen LogP contribution in [0.15, 0.2) is 158 Å². The standard InChI is InChI=1S/C45H32N2/c1-45(2)38-19-9-6-15-33(38)36-27-37-34-16-7-10-20-40(34)47(43(37)28-39(36)45)31-25-23-29(24-26-31)32-18-12-22-42-44(32)35-17-8-11-21-41(35)46(42)30-13-4-3-5-14-30/h3-28H,1-2H3. The first-order chi connectivity index (χ1) is 23.1. The van der Waals surface area contributed by atoms with Gasteiger partial charge in [0.05, 0.1) is 22.1 Å². The van der Waals surface area contributed by atoms with E-state index in [0.717, 1.165) is 0 Å². The number of fused-ring (bicyclic) bond motifs is 9. The van der Waals surface area contributed by atoms with Gasteiger partial charge in [-0.05, 0) is 88.0 Å². The van der Waals surface area contributed by atoms with Crippen LogP contribution in [0, 0.1) is 0 Å². The molecule has 1 aliphatic carbocycles. The lowest BCUT2D eigenvalue weighted by Crippen LogP contribution is -2.14. The molecule has 2 heteroatoms. The van der Waals surface area contributed by atoms with E-state index in [1.807, 2.05) is 0 Å². The smallest absolute Gasteiger partial charge is 0.0547 e. The van der Waals surface area contributed by atoms with Gasteiger partial charge in [-0.1, -0.05) is 117 Å². The molecule has 0 radical (unpaired) electrons. The number of rotatable bonds is 3. The van der Waals surface area contributed by atoms with Crippen LogP contribution in [0.2, 0.25) is 0 Å². The maximum Gasteiger partial charge on any atom is 0.0547 e. The van der Waals surface area contributed by atoms with Crippen LogP contribution >= 0.6 is 0 Å². The molecule has 0 bridgehead atoms. The lowest BCUT2D eigenvalue weighted by molar-refractivity contribution is 0.661. The summed E-state index contributed by atoms with van der Waals surface area (Å²) in [6, 6.07) is 58.0. The first-order valence-corrected chi connectivity index (χ1v) is 16.5. The molecule has 1 aliphatic rings. The molecule has 47 heavy (non-hydrogen) atoms.